The highest BCUT2D eigenvalue weighted by atomic mass is 127. The van der Waals surface area contributed by atoms with Gasteiger partial charge in [-0.3, -0.25) is 4.99 Å². The summed E-state index contributed by atoms with van der Waals surface area (Å²) in [5.41, 5.74) is 8.31. The minimum atomic E-state index is 0.278. The quantitative estimate of drug-likeness (QED) is 0.106. The van der Waals surface area contributed by atoms with Crippen molar-refractivity contribution in [2.75, 3.05) is 12.4 Å². The number of aryl methyl sites for hydroxylation is 1. The summed E-state index contributed by atoms with van der Waals surface area (Å²) in [5, 5.41) is 6.25. The van der Waals surface area contributed by atoms with Gasteiger partial charge >= 0.3 is 0 Å². The van der Waals surface area contributed by atoms with Crippen molar-refractivity contribution in [1.29, 1.82) is 0 Å². The molecule has 0 unspecified atom stereocenters. The average Bonchev–Trinajstić information content (AvgIpc) is 3.54. The Bertz CT molecular complexity index is 1860. The maximum Gasteiger partial charge on any atom is 0.174 e. The number of anilines is 1. The van der Waals surface area contributed by atoms with E-state index in [1.165, 1.54) is 33.2 Å². The third kappa shape index (κ3) is 5.54. The molecule has 2 aliphatic rings. The number of fused-ring (bicyclic) bond motifs is 4. The van der Waals surface area contributed by atoms with E-state index in [0.29, 0.717) is 24.2 Å². The van der Waals surface area contributed by atoms with Crippen molar-refractivity contribution in [1.82, 2.24) is 0 Å². The van der Waals surface area contributed by atoms with Crippen LogP contribution in [0.4, 0.5) is 11.4 Å². The number of nitrogens with zero attached hydrogens (tertiary/aromatic N) is 1. The zero-order valence-corrected chi connectivity index (χ0v) is 26.4. The van der Waals surface area contributed by atoms with E-state index < -0.39 is 0 Å². The second-order valence-electron chi connectivity index (χ2n) is 11.4. The second-order valence-corrected chi connectivity index (χ2v) is 12.5. The van der Waals surface area contributed by atoms with E-state index in [9.17, 15) is 0 Å². The van der Waals surface area contributed by atoms with Crippen LogP contribution in [0.25, 0.3) is 10.8 Å². The Kier molecular flexibility index (Phi) is 7.66. The van der Waals surface area contributed by atoms with Crippen LogP contribution in [0.1, 0.15) is 46.2 Å². The van der Waals surface area contributed by atoms with E-state index >= 15 is 0 Å². The Morgan fingerprint density at radius 2 is 1.79 bits per heavy atom. The van der Waals surface area contributed by atoms with E-state index in [0.717, 1.165) is 32.6 Å². The monoisotopic (exact) mass is 676 g/mol. The van der Waals surface area contributed by atoms with Gasteiger partial charge in [-0.2, -0.15) is 0 Å². The smallest absolute Gasteiger partial charge is 0.174 e. The lowest BCUT2D eigenvalue weighted by molar-refractivity contribution is 0.283. The number of hydrogen-bond donors (Lipinski definition) is 1. The Hall–Kier alpha value is -4.10. The molecule has 0 spiro atoms. The summed E-state index contributed by atoms with van der Waals surface area (Å²) in [7, 11) is 1.68. The molecule has 3 atom stereocenters. The highest BCUT2D eigenvalue weighted by Crippen LogP contribution is 2.50. The lowest BCUT2D eigenvalue weighted by Crippen LogP contribution is -2.29. The summed E-state index contributed by atoms with van der Waals surface area (Å²) in [6.45, 7) is 2.64. The lowest BCUT2D eigenvalue weighted by atomic mass is 9.76. The van der Waals surface area contributed by atoms with Gasteiger partial charge in [0.05, 0.1) is 22.4 Å². The van der Waals surface area contributed by atoms with Gasteiger partial charge in [-0.25, -0.2) is 0 Å². The van der Waals surface area contributed by atoms with Gasteiger partial charge in [0.25, 0.3) is 0 Å². The van der Waals surface area contributed by atoms with Gasteiger partial charge < -0.3 is 14.8 Å². The van der Waals surface area contributed by atoms with E-state index in [-0.39, 0.29) is 6.04 Å². The fraction of sp³-hybridized carbons (Fsp3) is 0.184. The highest BCUT2D eigenvalue weighted by molar-refractivity contribution is 14.1. The maximum atomic E-state index is 6.31. The molecular formula is C38H33IN2O2. The van der Waals surface area contributed by atoms with Gasteiger partial charge in [0.2, 0.25) is 0 Å². The fourth-order valence-electron chi connectivity index (χ4n) is 6.48. The zero-order chi connectivity index (χ0) is 29.3. The molecule has 0 saturated heterocycles. The van der Waals surface area contributed by atoms with Crippen molar-refractivity contribution >= 4 is 51.0 Å². The van der Waals surface area contributed by atoms with E-state index in [2.05, 4.69) is 138 Å². The normalized spacial score (nSPS) is 18.8. The maximum absolute atomic E-state index is 6.31. The molecule has 0 radical (unpaired) electrons. The van der Waals surface area contributed by atoms with E-state index in [1.807, 2.05) is 12.3 Å². The first-order valence-corrected chi connectivity index (χ1v) is 15.8. The third-order valence-electron chi connectivity index (χ3n) is 8.64. The van der Waals surface area contributed by atoms with Gasteiger partial charge in [0.1, 0.15) is 6.61 Å². The Labute approximate surface area is 266 Å². The molecule has 214 valence electrons. The summed E-state index contributed by atoms with van der Waals surface area (Å²) in [5.74, 6) is 2.44. The molecule has 0 fully saturated rings. The molecular weight excluding hydrogens is 643 g/mol. The number of benzene rings is 5. The Morgan fingerprint density at radius 3 is 2.65 bits per heavy atom. The van der Waals surface area contributed by atoms with Crippen LogP contribution in [-0.2, 0) is 6.61 Å². The second kappa shape index (κ2) is 11.9. The van der Waals surface area contributed by atoms with Gasteiger partial charge in [-0.15, -0.1) is 0 Å². The van der Waals surface area contributed by atoms with Crippen molar-refractivity contribution in [3.05, 3.63) is 141 Å². The van der Waals surface area contributed by atoms with Crippen LogP contribution in [-0.4, -0.2) is 13.3 Å². The number of hydrogen-bond acceptors (Lipinski definition) is 4. The number of allylic oxidation sites excluding steroid dienone is 2. The van der Waals surface area contributed by atoms with Crippen LogP contribution in [0.5, 0.6) is 11.5 Å². The number of methoxy groups -OCH3 is 1. The van der Waals surface area contributed by atoms with E-state index in [1.54, 1.807) is 7.11 Å². The first-order valence-electron chi connectivity index (χ1n) is 14.7. The number of nitrogens with one attached hydrogen (secondary N) is 1. The average molecular weight is 677 g/mol. The van der Waals surface area contributed by atoms with E-state index in [4.69, 9.17) is 14.5 Å². The van der Waals surface area contributed by atoms with Crippen LogP contribution in [0.3, 0.4) is 0 Å². The molecule has 0 bridgehead atoms. The number of rotatable bonds is 7. The highest BCUT2D eigenvalue weighted by Gasteiger charge is 2.37. The predicted molar refractivity (Wildman–Crippen MR) is 185 cm³/mol. The van der Waals surface area contributed by atoms with Crippen molar-refractivity contribution in [2.45, 2.75) is 31.9 Å². The summed E-state index contributed by atoms with van der Waals surface area (Å²) in [6, 6.07) is 34.4. The molecule has 5 aromatic carbocycles. The van der Waals surface area contributed by atoms with Crippen LogP contribution in [0.2, 0.25) is 0 Å². The minimum Gasteiger partial charge on any atom is -0.493 e. The molecule has 1 aliphatic heterocycles. The largest absolute Gasteiger partial charge is 0.493 e. The van der Waals surface area contributed by atoms with Crippen LogP contribution < -0.4 is 14.8 Å². The zero-order valence-electron chi connectivity index (χ0n) is 24.3. The first-order chi connectivity index (χ1) is 21.1. The third-order valence-corrected chi connectivity index (χ3v) is 9.44. The molecule has 1 heterocycles. The van der Waals surface area contributed by atoms with Gasteiger partial charge in [0.15, 0.2) is 11.5 Å². The Balaban J connectivity index is 1.07. The van der Waals surface area contributed by atoms with Crippen molar-refractivity contribution in [3.63, 3.8) is 0 Å². The van der Waals surface area contributed by atoms with Gasteiger partial charge in [-0.1, -0.05) is 84.4 Å². The fourth-order valence-corrected chi connectivity index (χ4v) is 7.26. The standard InChI is InChI=1S/C38H33IN2O2/c1-24-13-18-35-33(19-24)31-11-6-12-32(31)37(41-35)27-14-16-29(17-15-27)40-22-25-20-34(39)38(36(21-25)42-2)43-23-28-9-5-8-26-7-3-4-10-30(26)28/h3-11,13-22,31-32,37,41H,12,23H2,1-2H3/t31-,32+,37-/m0/s1. The molecule has 5 aromatic rings. The summed E-state index contributed by atoms with van der Waals surface area (Å²) < 4.78 is 13.0. The number of halogens is 1. The van der Waals surface area contributed by atoms with Gasteiger partial charge in [-0.05, 0) is 105 Å². The lowest BCUT2D eigenvalue weighted by Gasteiger charge is -2.37. The minimum absolute atomic E-state index is 0.278. The molecule has 0 aromatic heterocycles. The van der Waals surface area contributed by atoms with Crippen LogP contribution in [0.15, 0.2) is 114 Å². The number of ether oxygens (including phenoxy) is 2. The molecule has 7 rings (SSSR count). The van der Waals surface area contributed by atoms with Crippen molar-refractivity contribution in [3.8, 4) is 11.5 Å². The molecule has 5 heteroatoms. The molecule has 0 amide bonds. The molecule has 43 heavy (non-hydrogen) atoms. The Morgan fingerprint density at radius 1 is 0.953 bits per heavy atom. The SMILES string of the molecule is COc1cc(C=Nc2ccc([C@@H]3Nc4ccc(C)cc4[C@H]4C=CC[C@H]43)cc2)cc(I)c1OCc1cccc2ccccc12. The van der Waals surface area contributed by atoms with Crippen LogP contribution >= 0.6 is 22.6 Å². The van der Waals surface area contributed by atoms with Gasteiger partial charge in [0, 0.05) is 17.8 Å². The summed E-state index contributed by atoms with van der Waals surface area (Å²) >= 11 is 2.31. The number of aliphatic imine (C=N–C) groups is 1. The molecule has 4 nitrogen and oxygen atoms in total. The molecule has 1 aliphatic carbocycles. The molecule has 0 saturated carbocycles. The van der Waals surface area contributed by atoms with Crippen molar-refractivity contribution < 1.29 is 9.47 Å². The molecule has 1 N–H and O–H groups in total. The summed E-state index contributed by atoms with van der Waals surface area (Å²) in [4.78, 5) is 4.79. The predicted octanol–water partition coefficient (Wildman–Crippen LogP) is 9.92. The topological polar surface area (TPSA) is 42.8 Å². The summed E-state index contributed by atoms with van der Waals surface area (Å²) in [6.07, 6.45) is 7.72. The van der Waals surface area contributed by atoms with Crippen LogP contribution in [0, 0.1) is 16.4 Å². The first kappa shape index (κ1) is 27.7. The van der Waals surface area contributed by atoms with Crippen molar-refractivity contribution in [2.24, 2.45) is 10.9 Å².